The maximum atomic E-state index is 4.30. The summed E-state index contributed by atoms with van der Waals surface area (Å²) in [6.45, 7) is 6.28. The quantitative estimate of drug-likeness (QED) is 0.773. The van der Waals surface area contributed by atoms with Crippen LogP contribution in [-0.4, -0.2) is 4.98 Å². The van der Waals surface area contributed by atoms with Crippen molar-refractivity contribution in [3.8, 4) is 0 Å². The first kappa shape index (κ1) is 11.3. The highest BCUT2D eigenvalue weighted by Gasteiger charge is 2.07. The van der Waals surface area contributed by atoms with Crippen molar-refractivity contribution in [3.63, 3.8) is 0 Å². The minimum atomic E-state index is 0.321. The topological polar surface area (TPSA) is 12.9 Å². The Morgan fingerprint density at radius 1 is 1.31 bits per heavy atom. The third-order valence-electron chi connectivity index (χ3n) is 2.70. The molecule has 2 aromatic rings. The summed E-state index contributed by atoms with van der Waals surface area (Å²) in [5.74, 6) is 0.321. The highest BCUT2D eigenvalue weighted by Crippen LogP contribution is 2.22. The van der Waals surface area contributed by atoms with Gasteiger partial charge in [-0.2, -0.15) is 0 Å². The van der Waals surface area contributed by atoms with Gasteiger partial charge in [0.15, 0.2) is 0 Å². The molecule has 1 aromatic carbocycles. The van der Waals surface area contributed by atoms with E-state index in [-0.39, 0.29) is 0 Å². The van der Waals surface area contributed by atoms with Crippen molar-refractivity contribution >= 4 is 11.3 Å². The van der Waals surface area contributed by atoms with E-state index in [0.29, 0.717) is 5.92 Å². The van der Waals surface area contributed by atoms with Gasteiger partial charge in [0.05, 0.1) is 5.01 Å². The van der Waals surface area contributed by atoms with Crippen LogP contribution in [0.2, 0.25) is 0 Å². The molecular weight excluding hydrogens is 214 g/mol. The smallest absolute Gasteiger partial charge is 0.0955 e. The number of hydrogen-bond donors (Lipinski definition) is 0. The summed E-state index contributed by atoms with van der Waals surface area (Å²) in [7, 11) is 0. The average Bonchev–Trinajstić information content (AvgIpc) is 2.81. The standard InChI is InChI=1S/C14H16NS/c1-11-3-6-13(7-4-11)8-5-12(2)14-15-9-10-16-14/h3-4,6-7,9-10,12H,2,5,8H2,1H3. The molecule has 1 nitrogen and oxygen atoms in total. The molecule has 0 fully saturated rings. The molecule has 83 valence electrons. The largest absolute Gasteiger partial charge is 0.249 e. The lowest BCUT2D eigenvalue weighted by molar-refractivity contribution is 0.727. The summed E-state index contributed by atoms with van der Waals surface area (Å²) in [6, 6.07) is 8.72. The summed E-state index contributed by atoms with van der Waals surface area (Å²) >= 11 is 1.70. The van der Waals surface area contributed by atoms with Gasteiger partial charge < -0.3 is 0 Å². The Bertz CT molecular complexity index is 417. The minimum Gasteiger partial charge on any atom is -0.249 e. The molecule has 0 aliphatic carbocycles. The molecule has 0 amide bonds. The Morgan fingerprint density at radius 3 is 2.69 bits per heavy atom. The predicted octanol–water partition coefficient (Wildman–Crippen LogP) is 4.00. The molecule has 0 aliphatic rings. The van der Waals surface area contributed by atoms with Gasteiger partial charge in [0.2, 0.25) is 0 Å². The number of hydrogen-bond acceptors (Lipinski definition) is 2. The van der Waals surface area contributed by atoms with E-state index >= 15 is 0 Å². The Morgan fingerprint density at radius 2 is 2.06 bits per heavy atom. The van der Waals surface area contributed by atoms with Crippen molar-refractivity contribution in [3.05, 3.63) is 58.9 Å². The van der Waals surface area contributed by atoms with Crippen molar-refractivity contribution in [2.24, 2.45) is 0 Å². The fourth-order valence-corrected chi connectivity index (χ4v) is 2.35. The van der Waals surface area contributed by atoms with E-state index in [1.165, 1.54) is 11.1 Å². The zero-order chi connectivity index (χ0) is 11.4. The second kappa shape index (κ2) is 5.26. The van der Waals surface area contributed by atoms with Crippen molar-refractivity contribution in [2.45, 2.75) is 25.7 Å². The molecule has 1 heterocycles. The molecule has 0 N–H and O–H groups in total. The summed E-state index contributed by atoms with van der Waals surface area (Å²) in [4.78, 5) is 4.30. The molecule has 1 radical (unpaired) electrons. The van der Waals surface area contributed by atoms with Crippen LogP contribution in [0.5, 0.6) is 0 Å². The van der Waals surface area contributed by atoms with Crippen LogP contribution in [0.4, 0.5) is 0 Å². The van der Waals surface area contributed by atoms with Crippen molar-refractivity contribution < 1.29 is 0 Å². The van der Waals surface area contributed by atoms with Crippen LogP contribution < -0.4 is 0 Å². The number of aryl methyl sites for hydroxylation is 2. The third kappa shape index (κ3) is 2.92. The van der Waals surface area contributed by atoms with E-state index < -0.39 is 0 Å². The van der Waals surface area contributed by atoms with Crippen molar-refractivity contribution in [1.29, 1.82) is 0 Å². The Kier molecular flexibility index (Phi) is 3.73. The number of thiazole rings is 1. The number of benzene rings is 1. The molecule has 0 bridgehead atoms. The van der Waals surface area contributed by atoms with Crippen LogP contribution in [0.3, 0.4) is 0 Å². The van der Waals surface area contributed by atoms with Gasteiger partial charge in [-0.15, -0.1) is 11.3 Å². The Hall–Kier alpha value is -1.15. The first-order valence-electron chi connectivity index (χ1n) is 5.54. The molecule has 16 heavy (non-hydrogen) atoms. The first-order valence-corrected chi connectivity index (χ1v) is 6.41. The summed E-state index contributed by atoms with van der Waals surface area (Å²) in [6.07, 6.45) is 3.99. The highest BCUT2D eigenvalue weighted by atomic mass is 32.1. The second-order valence-electron chi connectivity index (χ2n) is 4.09. The van der Waals surface area contributed by atoms with Crippen molar-refractivity contribution in [1.82, 2.24) is 4.98 Å². The third-order valence-corrected chi connectivity index (χ3v) is 3.64. The monoisotopic (exact) mass is 230 g/mol. The molecule has 1 aromatic heterocycles. The molecule has 2 rings (SSSR count). The van der Waals surface area contributed by atoms with Crippen molar-refractivity contribution in [2.75, 3.05) is 0 Å². The van der Waals surface area contributed by atoms with Gasteiger partial charge in [-0.1, -0.05) is 29.8 Å². The Balaban J connectivity index is 1.90. The van der Waals surface area contributed by atoms with Crippen LogP contribution in [0.1, 0.15) is 28.5 Å². The van der Waals surface area contributed by atoms with E-state index in [2.05, 4.69) is 43.1 Å². The zero-order valence-corrected chi connectivity index (χ0v) is 10.3. The van der Waals surface area contributed by atoms with Gasteiger partial charge in [-0.3, -0.25) is 0 Å². The fourth-order valence-electron chi connectivity index (χ4n) is 1.66. The molecule has 2 heteroatoms. The average molecular weight is 230 g/mol. The van der Waals surface area contributed by atoms with Gasteiger partial charge in [-0.25, -0.2) is 4.98 Å². The van der Waals surface area contributed by atoms with E-state index in [1.54, 1.807) is 11.3 Å². The molecule has 1 unspecified atom stereocenters. The lowest BCUT2D eigenvalue weighted by atomic mass is 10.0. The maximum Gasteiger partial charge on any atom is 0.0955 e. The van der Waals surface area contributed by atoms with Gasteiger partial charge in [0.1, 0.15) is 0 Å². The van der Waals surface area contributed by atoms with Crippen LogP contribution in [-0.2, 0) is 6.42 Å². The molecule has 0 spiro atoms. The van der Waals surface area contributed by atoms with Gasteiger partial charge in [0, 0.05) is 17.5 Å². The fraction of sp³-hybridized carbons (Fsp3) is 0.286. The minimum absolute atomic E-state index is 0.321. The molecular formula is C14H16NS. The van der Waals surface area contributed by atoms with Gasteiger partial charge in [-0.05, 0) is 32.3 Å². The SMILES string of the molecule is [CH2]C(CCc1ccc(C)cc1)c1nccs1. The van der Waals surface area contributed by atoms with Crippen LogP contribution in [0.15, 0.2) is 35.8 Å². The Labute approximate surface area is 101 Å². The van der Waals surface area contributed by atoms with E-state index in [9.17, 15) is 0 Å². The van der Waals surface area contributed by atoms with Gasteiger partial charge >= 0.3 is 0 Å². The molecule has 0 saturated heterocycles. The van der Waals surface area contributed by atoms with Gasteiger partial charge in [0.25, 0.3) is 0 Å². The molecule has 0 saturated carbocycles. The zero-order valence-electron chi connectivity index (χ0n) is 9.52. The maximum absolute atomic E-state index is 4.30. The van der Waals surface area contributed by atoms with Crippen LogP contribution >= 0.6 is 11.3 Å². The first-order chi connectivity index (χ1) is 7.75. The predicted molar refractivity (Wildman–Crippen MR) is 69.7 cm³/mol. The lowest BCUT2D eigenvalue weighted by Gasteiger charge is -2.07. The summed E-state index contributed by atoms with van der Waals surface area (Å²) in [5.41, 5.74) is 2.70. The van der Waals surface area contributed by atoms with E-state index in [1.807, 2.05) is 11.6 Å². The normalized spacial score (nSPS) is 12.6. The van der Waals surface area contributed by atoms with E-state index in [4.69, 9.17) is 0 Å². The number of rotatable bonds is 4. The van der Waals surface area contributed by atoms with E-state index in [0.717, 1.165) is 17.8 Å². The number of nitrogens with zero attached hydrogens (tertiary/aromatic N) is 1. The molecule has 0 aliphatic heterocycles. The summed E-state index contributed by atoms with van der Waals surface area (Å²) in [5, 5.41) is 3.16. The summed E-state index contributed by atoms with van der Waals surface area (Å²) < 4.78 is 0. The lowest BCUT2D eigenvalue weighted by Crippen LogP contribution is -1.96. The second-order valence-corrected chi connectivity index (χ2v) is 5.02. The van der Waals surface area contributed by atoms with Crippen LogP contribution in [0, 0.1) is 13.8 Å². The number of aromatic nitrogens is 1. The molecule has 1 atom stereocenters. The highest BCUT2D eigenvalue weighted by molar-refractivity contribution is 7.09. The van der Waals surface area contributed by atoms with Crippen LogP contribution in [0.25, 0.3) is 0 Å².